The number of fused-ring (bicyclic) bond motifs is 1. The number of methoxy groups -OCH3 is 1. The summed E-state index contributed by atoms with van der Waals surface area (Å²) < 4.78 is 7.23. The van der Waals surface area contributed by atoms with Crippen LogP contribution in [0.1, 0.15) is 11.1 Å². The summed E-state index contributed by atoms with van der Waals surface area (Å²) in [5.74, 6) is 0.851. The predicted octanol–water partition coefficient (Wildman–Crippen LogP) is 5.12. The van der Waals surface area contributed by atoms with Gasteiger partial charge in [0.15, 0.2) is 0 Å². The van der Waals surface area contributed by atoms with Gasteiger partial charge in [-0.05, 0) is 59.7 Å². The van der Waals surface area contributed by atoms with Crippen molar-refractivity contribution >= 4 is 28.3 Å². The van der Waals surface area contributed by atoms with E-state index in [4.69, 9.17) is 4.74 Å². The molecule has 0 saturated heterocycles. The first-order valence-electron chi connectivity index (χ1n) is 10.2. The van der Waals surface area contributed by atoms with Gasteiger partial charge < -0.3 is 25.3 Å². The predicted molar refractivity (Wildman–Crippen MR) is 126 cm³/mol. The first kappa shape index (κ1) is 20.5. The fourth-order valence-corrected chi connectivity index (χ4v) is 3.51. The van der Waals surface area contributed by atoms with Crippen molar-refractivity contribution < 1.29 is 9.53 Å². The van der Waals surface area contributed by atoms with Crippen molar-refractivity contribution in [2.45, 2.75) is 13.1 Å². The number of aryl methyl sites for hydroxylation is 1. The van der Waals surface area contributed by atoms with Crippen molar-refractivity contribution in [1.82, 2.24) is 9.88 Å². The van der Waals surface area contributed by atoms with Crippen molar-refractivity contribution in [3.63, 3.8) is 0 Å². The number of rotatable bonds is 7. The summed E-state index contributed by atoms with van der Waals surface area (Å²) in [6.45, 7) is 1.46. The zero-order valence-electron chi connectivity index (χ0n) is 17.7. The molecule has 1 heterocycles. The Bertz CT molecular complexity index is 1180. The highest BCUT2D eigenvalue weighted by Crippen LogP contribution is 2.20. The lowest BCUT2D eigenvalue weighted by molar-refractivity contribution is 0.262. The Morgan fingerprint density at radius 1 is 0.871 bits per heavy atom. The van der Waals surface area contributed by atoms with E-state index in [9.17, 15) is 4.79 Å². The lowest BCUT2D eigenvalue weighted by Crippen LogP contribution is -2.19. The molecule has 0 fully saturated rings. The van der Waals surface area contributed by atoms with Crippen LogP contribution in [0.2, 0.25) is 0 Å². The molecule has 0 bridgehead atoms. The minimum absolute atomic E-state index is 0.265. The number of anilines is 2. The minimum atomic E-state index is -0.265. The summed E-state index contributed by atoms with van der Waals surface area (Å²) in [4.78, 5) is 12.4. The molecule has 0 spiro atoms. The van der Waals surface area contributed by atoms with E-state index in [0.717, 1.165) is 40.1 Å². The van der Waals surface area contributed by atoms with E-state index in [1.54, 1.807) is 7.11 Å². The maximum absolute atomic E-state index is 12.4. The summed E-state index contributed by atoms with van der Waals surface area (Å²) in [6, 6.07) is 23.5. The molecule has 1 aromatic heterocycles. The second-order valence-corrected chi connectivity index (χ2v) is 7.43. The highest BCUT2D eigenvalue weighted by molar-refractivity contribution is 6.01. The molecule has 0 radical (unpaired) electrons. The standard InChI is InChI=1S/C25H26N4O2/c1-29-13-12-20-15-22(8-11-24(20)29)28-25(30)27-21-5-3-4-19(14-21)17-26-16-18-6-9-23(31-2)10-7-18/h3-15,26H,16-17H2,1-2H3,(H2,27,28,30). The average molecular weight is 415 g/mol. The Balaban J connectivity index is 1.31. The summed E-state index contributed by atoms with van der Waals surface area (Å²) in [5, 5.41) is 10.3. The second-order valence-electron chi connectivity index (χ2n) is 7.43. The highest BCUT2D eigenvalue weighted by Gasteiger charge is 2.06. The van der Waals surface area contributed by atoms with E-state index in [1.807, 2.05) is 90.6 Å². The summed E-state index contributed by atoms with van der Waals surface area (Å²) in [6.07, 6.45) is 2.00. The minimum Gasteiger partial charge on any atom is -0.497 e. The number of carbonyl (C=O) groups excluding carboxylic acids is 1. The van der Waals surface area contributed by atoms with E-state index in [-0.39, 0.29) is 6.03 Å². The van der Waals surface area contributed by atoms with Gasteiger partial charge in [0, 0.05) is 48.6 Å². The van der Waals surface area contributed by atoms with E-state index in [2.05, 4.69) is 16.0 Å². The number of carbonyl (C=O) groups is 1. The van der Waals surface area contributed by atoms with Crippen molar-refractivity contribution in [3.05, 3.63) is 90.1 Å². The Morgan fingerprint density at radius 2 is 1.61 bits per heavy atom. The summed E-state index contributed by atoms with van der Waals surface area (Å²) in [7, 11) is 3.66. The Kier molecular flexibility index (Phi) is 6.19. The maximum atomic E-state index is 12.4. The fraction of sp³-hybridized carbons (Fsp3) is 0.160. The van der Waals surface area contributed by atoms with Crippen LogP contribution in [-0.2, 0) is 20.1 Å². The van der Waals surface area contributed by atoms with Crippen LogP contribution in [0.3, 0.4) is 0 Å². The Morgan fingerprint density at radius 3 is 2.39 bits per heavy atom. The van der Waals surface area contributed by atoms with E-state index >= 15 is 0 Å². The first-order chi connectivity index (χ1) is 15.1. The van der Waals surface area contributed by atoms with Crippen LogP contribution in [0.25, 0.3) is 10.9 Å². The Hall–Kier alpha value is -3.77. The van der Waals surface area contributed by atoms with Gasteiger partial charge in [0.05, 0.1) is 7.11 Å². The van der Waals surface area contributed by atoms with Gasteiger partial charge in [0.25, 0.3) is 0 Å². The smallest absolute Gasteiger partial charge is 0.323 e. The van der Waals surface area contributed by atoms with Crippen molar-refractivity contribution in [3.8, 4) is 5.75 Å². The molecule has 158 valence electrons. The molecule has 0 atom stereocenters. The number of ether oxygens (including phenoxy) is 1. The first-order valence-corrected chi connectivity index (χ1v) is 10.2. The zero-order chi connectivity index (χ0) is 21.6. The number of benzene rings is 3. The summed E-state index contributed by atoms with van der Waals surface area (Å²) >= 11 is 0. The van der Waals surface area contributed by atoms with Gasteiger partial charge in [0.2, 0.25) is 0 Å². The van der Waals surface area contributed by atoms with Gasteiger partial charge in [-0.25, -0.2) is 4.79 Å². The Labute approximate surface area is 181 Å². The molecule has 0 saturated carbocycles. The molecule has 6 nitrogen and oxygen atoms in total. The number of amides is 2. The quantitative estimate of drug-likeness (QED) is 0.393. The van der Waals surface area contributed by atoms with Crippen molar-refractivity contribution in [2.75, 3.05) is 17.7 Å². The summed E-state index contributed by atoms with van der Waals surface area (Å²) in [5.41, 5.74) is 4.92. The molecular formula is C25H26N4O2. The van der Waals surface area contributed by atoms with Crippen molar-refractivity contribution in [1.29, 1.82) is 0 Å². The molecule has 0 aliphatic heterocycles. The number of hydrogen-bond donors (Lipinski definition) is 3. The van der Waals surface area contributed by atoms with Gasteiger partial charge in [-0.1, -0.05) is 24.3 Å². The third kappa shape index (κ3) is 5.24. The van der Waals surface area contributed by atoms with Gasteiger partial charge in [-0.15, -0.1) is 0 Å². The highest BCUT2D eigenvalue weighted by atomic mass is 16.5. The van der Waals surface area contributed by atoms with Gasteiger partial charge in [-0.2, -0.15) is 0 Å². The van der Waals surface area contributed by atoms with Gasteiger partial charge in [0.1, 0.15) is 5.75 Å². The topological polar surface area (TPSA) is 67.3 Å². The monoisotopic (exact) mass is 414 g/mol. The SMILES string of the molecule is COc1ccc(CNCc2cccc(NC(=O)Nc3ccc4c(ccn4C)c3)c2)cc1. The van der Waals surface area contributed by atoms with Crippen LogP contribution in [0.4, 0.5) is 16.2 Å². The number of aromatic nitrogens is 1. The zero-order valence-corrected chi connectivity index (χ0v) is 17.7. The molecular weight excluding hydrogens is 388 g/mol. The van der Waals surface area contributed by atoms with E-state index < -0.39 is 0 Å². The molecule has 0 aliphatic carbocycles. The lowest BCUT2D eigenvalue weighted by Gasteiger charge is -2.10. The normalized spacial score (nSPS) is 10.8. The molecule has 4 aromatic rings. The molecule has 4 rings (SSSR count). The number of hydrogen-bond acceptors (Lipinski definition) is 3. The average Bonchev–Trinajstić information content (AvgIpc) is 3.14. The number of nitrogens with zero attached hydrogens (tertiary/aromatic N) is 1. The van der Waals surface area contributed by atoms with Crippen LogP contribution in [-0.4, -0.2) is 17.7 Å². The third-order valence-corrected chi connectivity index (χ3v) is 5.15. The van der Waals surface area contributed by atoms with Crippen LogP contribution in [0.15, 0.2) is 79.0 Å². The molecule has 3 N–H and O–H groups in total. The number of urea groups is 1. The molecule has 3 aromatic carbocycles. The molecule has 31 heavy (non-hydrogen) atoms. The lowest BCUT2D eigenvalue weighted by atomic mass is 10.2. The molecule has 2 amide bonds. The van der Waals surface area contributed by atoms with Gasteiger partial charge >= 0.3 is 6.03 Å². The molecule has 0 aliphatic rings. The van der Waals surface area contributed by atoms with Crippen molar-refractivity contribution in [2.24, 2.45) is 7.05 Å². The van der Waals surface area contributed by atoms with E-state index in [0.29, 0.717) is 6.54 Å². The van der Waals surface area contributed by atoms with Crippen LogP contribution in [0, 0.1) is 0 Å². The third-order valence-electron chi connectivity index (χ3n) is 5.15. The second kappa shape index (κ2) is 9.36. The number of nitrogens with one attached hydrogen (secondary N) is 3. The van der Waals surface area contributed by atoms with Crippen LogP contribution >= 0.6 is 0 Å². The van der Waals surface area contributed by atoms with Crippen LogP contribution in [0.5, 0.6) is 5.75 Å². The van der Waals surface area contributed by atoms with Crippen LogP contribution < -0.4 is 20.7 Å². The molecule has 0 unspecified atom stereocenters. The van der Waals surface area contributed by atoms with E-state index in [1.165, 1.54) is 5.56 Å². The largest absolute Gasteiger partial charge is 0.497 e. The fourth-order valence-electron chi connectivity index (χ4n) is 3.51. The molecule has 6 heteroatoms. The maximum Gasteiger partial charge on any atom is 0.323 e. The van der Waals surface area contributed by atoms with Gasteiger partial charge in [-0.3, -0.25) is 0 Å².